The minimum Gasteiger partial charge on any atom is -0.359 e. The maximum Gasteiger partial charge on any atom is 0.0541 e. The molecule has 0 aliphatic rings. The lowest BCUT2D eigenvalue weighted by Crippen LogP contribution is -2.10. The van der Waals surface area contributed by atoms with Crippen LogP contribution < -0.4 is 5.32 Å². The second-order valence-electron chi connectivity index (χ2n) is 14.3. The normalized spacial score (nSPS) is 12.8. The van der Waals surface area contributed by atoms with Crippen LogP contribution in [0.4, 0.5) is 5.69 Å². The van der Waals surface area contributed by atoms with Crippen LogP contribution in [-0.4, -0.2) is 4.57 Å². The van der Waals surface area contributed by atoms with Crippen LogP contribution in [0.2, 0.25) is 0 Å². The number of nitrogens with zero attached hydrogens (tertiary/aromatic N) is 1. The van der Waals surface area contributed by atoms with Gasteiger partial charge in [0.1, 0.15) is 0 Å². The Morgan fingerprint density at radius 3 is 2.04 bits per heavy atom. The summed E-state index contributed by atoms with van der Waals surface area (Å²) in [6.45, 7) is 10.9. The zero-order valence-electron chi connectivity index (χ0n) is 29.9. The van der Waals surface area contributed by atoms with Gasteiger partial charge in [0.2, 0.25) is 0 Å². The first-order chi connectivity index (χ1) is 24.9. The average Bonchev–Trinajstić information content (AvgIpc) is 3.48. The van der Waals surface area contributed by atoms with E-state index in [1.807, 2.05) is 6.08 Å². The first-order valence-electron chi connectivity index (χ1n) is 18.0. The number of fused-ring (bicyclic) bond motifs is 3. The highest BCUT2D eigenvalue weighted by Crippen LogP contribution is 2.38. The zero-order valence-corrected chi connectivity index (χ0v) is 29.9. The van der Waals surface area contributed by atoms with Crippen molar-refractivity contribution < 1.29 is 0 Å². The van der Waals surface area contributed by atoms with Gasteiger partial charge in [0, 0.05) is 40.2 Å². The lowest BCUT2D eigenvalue weighted by Gasteiger charge is -2.19. The van der Waals surface area contributed by atoms with Crippen molar-refractivity contribution in [1.82, 2.24) is 4.57 Å². The van der Waals surface area contributed by atoms with E-state index in [4.69, 9.17) is 0 Å². The molecule has 0 spiro atoms. The molecule has 0 bridgehead atoms. The van der Waals surface area contributed by atoms with Crippen molar-refractivity contribution >= 4 is 27.5 Å². The van der Waals surface area contributed by atoms with Crippen molar-refractivity contribution in [2.24, 2.45) is 0 Å². The summed E-state index contributed by atoms with van der Waals surface area (Å²) in [5.74, 6) is 0.128. The molecule has 252 valence electrons. The van der Waals surface area contributed by atoms with E-state index < -0.39 is 0 Å². The van der Waals surface area contributed by atoms with E-state index >= 15 is 0 Å². The van der Waals surface area contributed by atoms with Crippen molar-refractivity contribution in [3.8, 4) is 16.8 Å². The highest BCUT2D eigenvalue weighted by atomic mass is 15.0. The van der Waals surface area contributed by atoms with Gasteiger partial charge in [0.05, 0.1) is 11.0 Å². The monoisotopic (exact) mass is 662 g/mol. The number of para-hydroxylation sites is 1. The first-order valence-corrected chi connectivity index (χ1v) is 18.0. The molecule has 0 fully saturated rings. The Bertz CT molecular complexity index is 2320. The number of benzene rings is 6. The van der Waals surface area contributed by atoms with Gasteiger partial charge in [-0.25, -0.2) is 0 Å². The van der Waals surface area contributed by atoms with Crippen molar-refractivity contribution in [3.05, 3.63) is 205 Å². The van der Waals surface area contributed by atoms with Gasteiger partial charge in [0.25, 0.3) is 0 Å². The fourth-order valence-corrected chi connectivity index (χ4v) is 6.92. The Hall–Kier alpha value is -5.86. The van der Waals surface area contributed by atoms with Gasteiger partial charge in [-0.15, -0.1) is 6.58 Å². The smallest absolute Gasteiger partial charge is 0.0541 e. The molecular weight excluding hydrogens is 617 g/mol. The predicted molar refractivity (Wildman–Crippen MR) is 220 cm³/mol. The van der Waals surface area contributed by atoms with Gasteiger partial charge < -0.3 is 9.88 Å². The fraction of sp³-hybridized carbons (Fsp3) is 0.143. The third kappa shape index (κ3) is 7.66. The molecule has 2 nitrogen and oxygen atoms in total. The number of rotatable bonds is 11. The average molecular weight is 663 g/mol. The number of aromatic nitrogens is 1. The van der Waals surface area contributed by atoms with Crippen molar-refractivity contribution in [2.45, 2.75) is 44.9 Å². The Balaban J connectivity index is 1.24. The molecule has 0 aliphatic carbocycles. The molecule has 0 radical (unpaired) electrons. The molecule has 2 heteroatoms. The van der Waals surface area contributed by atoms with E-state index in [2.05, 4.69) is 207 Å². The first kappa shape index (κ1) is 33.6. The SMILES string of the molecule is C=CC/C(=C/C(/C=C\Cc1ccccc1)c1ccccc1)Nc1cccc(-c2ccc3c(c2)c2cc(C(C)(C)C)ccc2n3-c2ccccc2)c1. The third-order valence-electron chi connectivity index (χ3n) is 9.62. The summed E-state index contributed by atoms with van der Waals surface area (Å²) >= 11 is 0. The van der Waals surface area contributed by atoms with Crippen molar-refractivity contribution in [1.29, 1.82) is 0 Å². The van der Waals surface area contributed by atoms with Crippen LogP contribution in [0.5, 0.6) is 0 Å². The molecule has 1 N–H and O–H groups in total. The second-order valence-corrected chi connectivity index (χ2v) is 14.3. The van der Waals surface area contributed by atoms with Crippen LogP contribution in [-0.2, 0) is 11.8 Å². The molecular formula is C49H46N2. The molecule has 1 unspecified atom stereocenters. The van der Waals surface area contributed by atoms with E-state index in [1.165, 1.54) is 55.3 Å². The van der Waals surface area contributed by atoms with Gasteiger partial charge in [-0.3, -0.25) is 0 Å². The van der Waals surface area contributed by atoms with Crippen molar-refractivity contribution in [2.75, 3.05) is 5.32 Å². The summed E-state index contributed by atoms with van der Waals surface area (Å²) in [6, 6.07) is 54.7. The molecule has 1 heterocycles. The minimum atomic E-state index is 0.0564. The number of hydrogen-bond donors (Lipinski definition) is 1. The zero-order chi connectivity index (χ0) is 35.2. The highest BCUT2D eigenvalue weighted by Gasteiger charge is 2.19. The Kier molecular flexibility index (Phi) is 9.85. The van der Waals surface area contributed by atoms with Gasteiger partial charge in [-0.05, 0) is 88.2 Å². The lowest BCUT2D eigenvalue weighted by molar-refractivity contribution is 0.591. The molecule has 1 aromatic heterocycles. The van der Waals surface area contributed by atoms with Crippen LogP contribution in [0.3, 0.4) is 0 Å². The summed E-state index contributed by atoms with van der Waals surface area (Å²) < 4.78 is 2.39. The van der Waals surface area contributed by atoms with Crippen LogP contribution in [0.15, 0.2) is 188 Å². The minimum absolute atomic E-state index is 0.0564. The van der Waals surface area contributed by atoms with Crippen LogP contribution >= 0.6 is 0 Å². The summed E-state index contributed by atoms with van der Waals surface area (Å²) in [5, 5.41) is 6.31. The molecule has 0 saturated carbocycles. The molecule has 7 aromatic rings. The fourth-order valence-electron chi connectivity index (χ4n) is 6.92. The molecule has 7 rings (SSSR count). The van der Waals surface area contributed by atoms with E-state index in [9.17, 15) is 0 Å². The van der Waals surface area contributed by atoms with Gasteiger partial charge in [-0.1, -0.05) is 148 Å². The van der Waals surface area contributed by atoms with Gasteiger partial charge in [0.15, 0.2) is 0 Å². The van der Waals surface area contributed by atoms with Crippen LogP contribution in [0.25, 0.3) is 38.6 Å². The lowest BCUT2D eigenvalue weighted by atomic mass is 9.86. The van der Waals surface area contributed by atoms with Gasteiger partial charge >= 0.3 is 0 Å². The molecule has 51 heavy (non-hydrogen) atoms. The van der Waals surface area contributed by atoms with E-state index in [-0.39, 0.29) is 11.3 Å². The van der Waals surface area contributed by atoms with Crippen LogP contribution in [0.1, 0.15) is 49.8 Å². The van der Waals surface area contributed by atoms with E-state index in [0.29, 0.717) is 0 Å². The topological polar surface area (TPSA) is 17.0 Å². The van der Waals surface area contributed by atoms with Crippen LogP contribution in [0, 0.1) is 0 Å². The maximum atomic E-state index is 4.09. The Morgan fingerprint density at radius 2 is 1.33 bits per heavy atom. The highest BCUT2D eigenvalue weighted by molar-refractivity contribution is 6.10. The second kappa shape index (κ2) is 14.9. The Morgan fingerprint density at radius 1 is 0.686 bits per heavy atom. The summed E-state index contributed by atoms with van der Waals surface area (Å²) in [5.41, 5.74) is 12.1. The number of nitrogens with one attached hydrogen (secondary N) is 1. The molecule has 0 amide bonds. The van der Waals surface area contributed by atoms with Crippen molar-refractivity contribution in [3.63, 3.8) is 0 Å². The number of hydrogen-bond acceptors (Lipinski definition) is 1. The number of allylic oxidation sites excluding steroid dienone is 4. The molecule has 0 aliphatic heterocycles. The number of anilines is 1. The predicted octanol–water partition coefficient (Wildman–Crippen LogP) is 13.2. The molecule has 6 aromatic carbocycles. The summed E-state index contributed by atoms with van der Waals surface area (Å²) in [4.78, 5) is 0. The maximum absolute atomic E-state index is 4.09. The van der Waals surface area contributed by atoms with Gasteiger partial charge in [-0.2, -0.15) is 0 Å². The van der Waals surface area contributed by atoms with E-state index in [0.717, 1.165) is 24.2 Å². The molecule has 0 saturated heterocycles. The summed E-state index contributed by atoms with van der Waals surface area (Å²) in [7, 11) is 0. The largest absolute Gasteiger partial charge is 0.359 e. The standard InChI is InChI=1S/C49H46N2/c1-5-17-42(32-38(37-21-11-7-12-22-37)23-15-20-36-18-9-6-10-19-36)50-43-25-16-24-39(33-43)40-28-30-47-45(34-40)46-35-41(49(2,3)4)29-31-48(46)51(47)44-26-13-8-14-27-44/h5-16,18-19,21-35,38,50H,1,17,20H2,2-4H3/b23-15-,42-32-. The summed E-state index contributed by atoms with van der Waals surface area (Å²) in [6.07, 6.45) is 10.5. The third-order valence-corrected chi connectivity index (χ3v) is 9.62. The quantitative estimate of drug-likeness (QED) is 0.136. The molecule has 1 atom stereocenters. The van der Waals surface area contributed by atoms with E-state index in [1.54, 1.807) is 0 Å². The Labute approximate surface area is 303 Å².